The van der Waals surface area contributed by atoms with Crippen LogP contribution in [0.25, 0.3) is 0 Å². The summed E-state index contributed by atoms with van der Waals surface area (Å²) in [5, 5.41) is 11.2. The highest BCUT2D eigenvalue weighted by Gasteiger charge is 2.38. The van der Waals surface area contributed by atoms with E-state index in [0.29, 0.717) is 26.1 Å². The molecular weight excluding hydrogens is 366 g/mol. The highest BCUT2D eigenvalue weighted by molar-refractivity contribution is 5.83. The number of aliphatic hydroxyl groups excluding tert-OH is 1. The molecule has 1 aliphatic carbocycles. The maximum absolute atomic E-state index is 12.3. The summed E-state index contributed by atoms with van der Waals surface area (Å²) < 4.78 is 10.7. The van der Waals surface area contributed by atoms with Crippen LogP contribution in [0.15, 0.2) is 60.7 Å². The van der Waals surface area contributed by atoms with Gasteiger partial charge in [-0.1, -0.05) is 60.7 Å². The molecule has 1 N–H and O–H groups in total. The molecule has 0 aliphatic heterocycles. The number of hydrogen-bond acceptors (Lipinski definition) is 5. The molecule has 0 radical (unpaired) electrons. The number of Topliss-reactive ketones (excluding diaryl/α,β-unsaturated/α-hetero) is 1. The molecule has 29 heavy (non-hydrogen) atoms. The molecule has 2 aromatic carbocycles. The summed E-state index contributed by atoms with van der Waals surface area (Å²) in [5.74, 6) is -0.159. The highest BCUT2D eigenvalue weighted by atomic mass is 16.7. The first-order valence-corrected chi connectivity index (χ1v) is 10.3. The van der Waals surface area contributed by atoms with Crippen LogP contribution in [0.1, 0.15) is 30.4 Å². The van der Waals surface area contributed by atoms with Crippen LogP contribution in [-0.2, 0) is 27.4 Å². The fraction of sp³-hybridized carbons (Fsp3) is 0.458. The third kappa shape index (κ3) is 6.21. The molecule has 1 saturated carbocycles. The van der Waals surface area contributed by atoms with Gasteiger partial charge >= 0.3 is 0 Å². The highest BCUT2D eigenvalue weighted by Crippen LogP contribution is 2.29. The number of ketones is 1. The van der Waals surface area contributed by atoms with Crippen molar-refractivity contribution in [2.45, 2.75) is 44.5 Å². The zero-order valence-electron chi connectivity index (χ0n) is 17.1. The number of benzene rings is 2. The van der Waals surface area contributed by atoms with Crippen LogP contribution in [0.2, 0.25) is 0 Å². The number of methoxy groups -OCH3 is 1. The lowest BCUT2D eigenvalue weighted by Crippen LogP contribution is -2.49. The summed E-state index contributed by atoms with van der Waals surface area (Å²) in [6.07, 6.45) is 1.38. The second-order valence-corrected chi connectivity index (χ2v) is 7.68. The molecule has 0 spiro atoms. The van der Waals surface area contributed by atoms with E-state index < -0.39 is 6.10 Å². The Morgan fingerprint density at radius 2 is 1.62 bits per heavy atom. The van der Waals surface area contributed by atoms with Crippen LogP contribution in [0.5, 0.6) is 0 Å². The summed E-state index contributed by atoms with van der Waals surface area (Å²) in [7, 11) is 1.58. The maximum atomic E-state index is 12.3. The average Bonchev–Trinajstić information content (AvgIpc) is 3.18. The number of ether oxygens (including phenoxy) is 2. The van der Waals surface area contributed by atoms with Crippen LogP contribution in [0.4, 0.5) is 0 Å². The van der Waals surface area contributed by atoms with Crippen molar-refractivity contribution in [3.63, 3.8) is 0 Å². The molecule has 0 aromatic heterocycles. The first-order chi connectivity index (χ1) is 14.2. The van der Waals surface area contributed by atoms with Crippen molar-refractivity contribution in [1.29, 1.82) is 0 Å². The van der Waals surface area contributed by atoms with E-state index in [1.165, 1.54) is 0 Å². The lowest BCUT2D eigenvalue weighted by atomic mass is 9.92. The predicted molar refractivity (Wildman–Crippen MR) is 112 cm³/mol. The van der Waals surface area contributed by atoms with Gasteiger partial charge in [0.15, 0.2) is 0 Å². The fourth-order valence-corrected chi connectivity index (χ4v) is 4.07. The topological polar surface area (TPSA) is 59.0 Å². The minimum Gasteiger partial charge on any atom is -0.391 e. The number of aliphatic hydroxyl groups is 1. The van der Waals surface area contributed by atoms with E-state index in [2.05, 4.69) is 29.2 Å². The SMILES string of the molecule is COCOC[C@@H]([C@H](O)[C@H]1CCCC1=O)N(Cc1ccccc1)Cc1ccccc1. The Bertz CT molecular complexity index is 696. The van der Waals surface area contributed by atoms with Crippen molar-refractivity contribution in [1.82, 2.24) is 4.90 Å². The number of carbonyl (C=O) groups is 1. The molecular formula is C24H31NO4. The molecule has 0 amide bonds. The van der Waals surface area contributed by atoms with Gasteiger partial charge in [-0.05, 0) is 24.0 Å². The second-order valence-electron chi connectivity index (χ2n) is 7.68. The van der Waals surface area contributed by atoms with Gasteiger partial charge in [0.05, 0.1) is 18.8 Å². The number of hydrogen-bond donors (Lipinski definition) is 1. The normalized spacial score (nSPS) is 18.9. The van der Waals surface area contributed by atoms with E-state index in [-0.39, 0.29) is 24.5 Å². The standard InChI is InChI=1S/C24H31NO4/c1-28-18-29-17-22(24(27)21-13-8-14-23(21)26)25(15-19-9-4-2-5-10-19)16-20-11-6-3-7-12-20/h2-7,9-12,21-22,24,27H,8,13-18H2,1H3/t21-,22-,24+/m0/s1. The van der Waals surface area contributed by atoms with Gasteiger partial charge in [-0.2, -0.15) is 0 Å². The second kappa shape index (κ2) is 11.2. The minimum absolute atomic E-state index is 0.159. The minimum atomic E-state index is -0.769. The third-order valence-electron chi connectivity index (χ3n) is 5.57. The summed E-state index contributed by atoms with van der Waals surface area (Å²) in [6, 6.07) is 20.1. The molecule has 0 heterocycles. The van der Waals surface area contributed by atoms with Gasteiger partial charge in [0.2, 0.25) is 0 Å². The lowest BCUT2D eigenvalue weighted by Gasteiger charge is -2.36. The Kier molecular flexibility index (Phi) is 8.38. The van der Waals surface area contributed by atoms with Crippen molar-refractivity contribution >= 4 is 5.78 Å². The van der Waals surface area contributed by atoms with Crippen LogP contribution >= 0.6 is 0 Å². The molecule has 0 saturated heterocycles. The van der Waals surface area contributed by atoms with Crippen molar-refractivity contribution in [2.75, 3.05) is 20.5 Å². The summed E-state index contributed by atoms with van der Waals surface area (Å²) in [4.78, 5) is 14.6. The smallest absolute Gasteiger partial charge is 0.146 e. The van der Waals surface area contributed by atoms with Crippen LogP contribution < -0.4 is 0 Å². The first-order valence-electron chi connectivity index (χ1n) is 10.3. The van der Waals surface area contributed by atoms with E-state index in [1.807, 2.05) is 36.4 Å². The van der Waals surface area contributed by atoms with E-state index in [1.54, 1.807) is 7.11 Å². The number of carbonyl (C=O) groups excluding carboxylic acids is 1. The van der Waals surface area contributed by atoms with Gasteiger partial charge in [0, 0.05) is 32.5 Å². The molecule has 156 valence electrons. The molecule has 2 aromatic rings. The van der Waals surface area contributed by atoms with Crippen molar-refractivity contribution in [3.8, 4) is 0 Å². The van der Waals surface area contributed by atoms with E-state index in [9.17, 15) is 9.90 Å². The molecule has 5 heteroatoms. The zero-order chi connectivity index (χ0) is 20.5. The van der Waals surface area contributed by atoms with Crippen LogP contribution in [-0.4, -0.2) is 48.4 Å². The zero-order valence-corrected chi connectivity index (χ0v) is 17.1. The Labute approximate surface area is 173 Å². The van der Waals surface area contributed by atoms with Gasteiger partial charge < -0.3 is 14.6 Å². The Morgan fingerprint density at radius 1 is 1.03 bits per heavy atom. The first kappa shape index (κ1) is 21.7. The van der Waals surface area contributed by atoms with Gasteiger partial charge in [0.1, 0.15) is 12.6 Å². The van der Waals surface area contributed by atoms with E-state index in [4.69, 9.17) is 9.47 Å². The third-order valence-corrected chi connectivity index (χ3v) is 5.57. The van der Waals surface area contributed by atoms with Gasteiger partial charge in [-0.15, -0.1) is 0 Å². The maximum Gasteiger partial charge on any atom is 0.146 e. The summed E-state index contributed by atoms with van der Waals surface area (Å²) in [6.45, 7) is 1.79. The lowest BCUT2D eigenvalue weighted by molar-refractivity contribution is -0.128. The van der Waals surface area contributed by atoms with Crippen LogP contribution in [0.3, 0.4) is 0 Å². The van der Waals surface area contributed by atoms with Gasteiger partial charge in [-0.25, -0.2) is 0 Å². The molecule has 5 nitrogen and oxygen atoms in total. The van der Waals surface area contributed by atoms with Crippen molar-refractivity contribution < 1.29 is 19.4 Å². The molecule has 0 bridgehead atoms. The van der Waals surface area contributed by atoms with Crippen molar-refractivity contribution in [3.05, 3.63) is 71.8 Å². The van der Waals surface area contributed by atoms with Gasteiger partial charge in [-0.3, -0.25) is 9.69 Å². The Hall–Kier alpha value is -2.05. The molecule has 3 rings (SSSR count). The Morgan fingerprint density at radius 3 is 2.10 bits per heavy atom. The predicted octanol–water partition coefficient (Wildman–Crippen LogP) is 3.41. The monoisotopic (exact) mass is 397 g/mol. The van der Waals surface area contributed by atoms with Crippen LogP contribution in [0, 0.1) is 5.92 Å². The Balaban J connectivity index is 1.85. The molecule has 1 aliphatic rings. The molecule has 0 unspecified atom stereocenters. The van der Waals surface area contributed by atoms with E-state index in [0.717, 1.165) is 24.0 Å². The summed E-state index contributed by atoms with van der Waals surface area (Å²) >= 11 is 0. The fourth-order valence-electron chi connectivity index (χ4n) is 4.07. The number of rotatable bonds is 11. The molecule has 3 atom stereocenters. The quantitative estimate of drug-likeness (QED) is 0.465. The largest absolute Gasteiger partial charge is 0.391 e. The van der Waals surface area contributed by atoms with Crippen molar-refractivity contribution in [2.24, 2.45) is 5.92 Å². The summed E-state index contributed by atoms with van der Waals surface area (Å²) in [5.41, 5.74) is 2.32. The number of nitrogens with zero attached hydrogens (tertiary/aromatic N) is 1. The molecule has 1 fully saturated rings. The van der Waals surface area contributed by atoms with Gasteiger partial charge in [0.25, 0.3) is 0 Å². The average molecular weight is 398 g/mol. The van der Waals surface area contributed by atoms with E-state index >= 15 is 0 Å².